The van der Waals surface area contributed by atoms with Crippen molar-refractivity contribution in [2.45, 2.75) is 24.6 Å². The van der Waals surface area contributed by atoms with E-state index in [1.807, 2.05) is 0 Å². The van der Waals surface area contributed by atoms with E-state index in [0.717, 1.165) is 24.3 Å². The molecule has 0 amide bonds. The number of hydrogen-bond acceptors (Lipinski definition) is 11. The number of fused-ring (bicyclic) bond motifs is 1. The number of aliphatic hydroxyl groups excluding tert-OH is 3. The number of aromatic hydroxyl groups is 4. The maximum atomic E-state index is 13.1. The first-order valence-electron chi connectivity index (χ1n) is 9.05. The molecule has 1 aliphatic rings. The highest BCUT2D eigenvalue weighted by atomic mass is 16.7. The summed E-state index contributed by atoms with van der Waals surface area (Å²) < 4.78 is 16.3. The molecule has 0 saturated carbocycles. The van der Waals surface area contributed by atoms with Gasteiger partial charge in [0.25, 0.3) is 0 Å². The minimum absolute atomic E-state index is 0.0676. The summed E-state index contributed by atoms with van der Waals surface area (Å²) in [5, 5.41) is 68.6. The molecule has 0 unspecified atom stereocenters. The summed E-state index contributed by atoms with van der Waals surface area (Å²) in [4.78, 5) is 13.1. The van der Waals surface area contributed by atoms with Crippen molar-refractivity contribution < 1.29 is 49.6 Å². The largest absolute Gasteiger partial charge is 0.508 e. The summed E-state index contributed by atoms with van der Waals surface area (Å²) in [5.41, 5.74) is -1.05. The van der Waals surface area contributed by atoms with E-state index < -0.39 is 59.6 Å². The van der Waals surface area contributed by atoms with Crippen LogP contribution in [0.15, 0.2) is 39.5 Å². The average Bonchev–Trinajstić information content (AvgIpc) is 2.71. The minimum atomic E-state index is -1.73. The van der Waals surface area contributed by atoms with Gasteiger partial charge >= 0.3 is 0 Å². The molecule has 4 rings (SSSR count). The van der Waals surface area contributed by atoms with Gasteiger partial charge in [-0.25, -0.2) is 0 Å². The van der Waals surface area contributed by atoms with Crippen LogP contribution in [0.2, 0.25) is 0 Å². The van der Waals surface area contributed by atoms with Gasteiger partial charge in [-0.1, -0.05) is 0 Å². The van der Waals surface area contributed by atoms with Crippen molar-refractivity contribution in [3.05, 3.63) is 40.6 Å². The van der Waals surface area contributed by atoms with Crippen LogP contribution in [0.4, 0.5) is 0 Å². The monoisotopic (exact) mass is 434 g/mol. The fraction of sp³-hybridized carbons (Fsp3) is 0.250. The van der Waals surface area contributed by atoms with Crippen LogP contribution in [0, 0.1) is 0 Å². The number of hydrogen-bond donors (Lipinski definition) is 7. The van der Waals surface area contributed by atoms with Crippen LogP contribution >= 0.6 is 0 Å². The lowest BCUT2D eigenvalue weighted by molar-refractivity contribution is -0.242. The van der Waals surface area contributed by atoms with Crippen molar-refractivity contribution in [1.82, 2.24) is 0 Å². The molecule has 164 valence electrons. The predicted molar refractivity (Wildman–Crippen MR) is 103 cm³/mol. The van der Waals surface area contributed by atoms with E-state index in [-0.39, 0.29) is 28.0 Å². The zero-order valence-electron chi connectivity index (χ0n) is 15.7. The van der Waals surface area contributed by atoms with Gasteiger partial charge in [0, 0.05) is 17.7 Å². The van der Waals surface area contributed by atoms with Gasteiger partial charge in [-0.2, -0.15) is 0 Å². The predicted octanol–water partition coefficient (Wildman–Crippen LogP) is 0.100. The fourth-order valence-corrected chi connectivity index (χ4v) is 3.23. The first-order valence-corrected chi connectivity index (χ1v) is 9.05. The number of rotatable bonds is 3. The van der Waals surface area contributed by atoms with Crippen LogP contribution in [0.1, 0.15) is 0 Å². The highest BCUT2D eigenvalue weighted by molar-refractivity contribution is 5.88. The molecule has 2 aromatic carbocycles. The van der Waals surface area contributed by atoms with Gasteiger partial charge in [-0.15, -0.1) is 0 Å². The Labute approximate surface area is 173 Å². The molecule has 3 aromatic rings. The molecule has 0 bridgehead atoms. The molecule has 1 fully saturated rings. The van der Waals surface area contributed by atoms with Crippen LogP contribution in [-0.2, 0) is 4.74 Å². The zero-order valence-corrected chi connectivity index (χ0v) is 15.7. The Balaban J connectivity index is 1.92. The van der Waals surface area contributed by atoms with E-state index in [4.69, 9.17) is 13.9 Å². The quantitative estimate of drug-likeness (QED) is 0.277. The molecule has 0 spiro atoms. The molecular weight excluding hydrogens is 416 g/mol. The number of ether oxygens (including phenoxy) is 2. The van der Waals surface area contributed by atoms with E-state index >= 15 is 0 Å². The Morgan fingerprint density at radius 3 is 2.35 bits per heavy atom. The second-order valence-corrected chi connectivity index (χ2v) is 7.00. The first kappa shape index (κ1) is 20.8. The molecule has 0 aliphatic carbocycles. The van der Waals surface area contributed by atoms with Gasteiger partial charge in [0.05, 0.1) is 6.61 Å². The third kappa shape index (κ3) is 3.59. The molecule has 7 N–H and O–H groups in total. The van der Waals surface area contributed by atoms with Crippen molar-refractivity contribution in [2.24, 2.45) is 0 Å². The maximum Gasteiger partial charge on any atom is 0.239 e. The highest BCUT2D eigenvalue weighted by Gasteiger charge is 2.40. The minimum Gasteiger partial charge on any atom is -0.508 e. The third-order valence-corrected chi connectivity index (χ3v) is 4.84. The number of aliphatic hydroxyl groups is 3. The lowest BCUT2D eigenvalue weighted by Gasteiger charge is -2.34. The molecule has 1 aliphatic heterocycles. The molecule has 1 aromatic heterocycles. The second-order valence-electron chi connectivity index (χ2n) is 7.00. The van der Waals surface area contributed by atoms with Crippen molar-refractivity contribution in [3.8, 4) is 40.1 Å². The Bertz CT molecular complexity index is 1200. The molecule has 2 heterocycles. The number of phenols is 4. The van der Waals surface area contributed by atoms with Gasteiger partial charge in [-0.3, -0.25) is 4.79 Å². The van der Waals surface area contributed by atoms with Crippen LogP contribution < -0.4 is 10.2 Å². The molecule has 0 radical (unpaired) electrons. The first-order chi connectivity index (χ1) is 14.7. The van der Waals surface area contributed by atoms with Crippen molar-refractivity contribution in [1.29, 1.82) is 0 Å². The summed E-state index contributed by atoms with van der Waals surface area (Å²) in [5.74, 6) is -2.79. The van der Waals surface area contributed by atoms with Crippen LogP contribution in [0.3, 0.4) is 0 Å². The van der Waals surface area contributed by atoms with Gasteiger partial charge in [0.2, 0.25) is 17.5 Å². The summed E-state index contributed by atoms with van der Waals surface area (Å²) in [6, 6.07) is 5.50. The van der Waals surface area contributed by atoms with E-state index in [0.29, 0.717) is 0 Å². The Kier molecular flexibility index (Phi) is 5.11. The SMILES string of the molecule is O=c1c(O[C@H]2OC[C@@H](O)[C@@H](O)[C@H]2O)c(-c2ccc(O)c(O)c2)oc2cc(O)cc(O)c12. The van der Waals surface area contributed by atoms with Gasteiger partial charge in [-0.05, 0) is 18.2 Å². The number of benzene rings is 2. The van der Waals surface area contributed by atoms with Crippen LogP contribution in [-0.4, -0.2) is 67.0 Å². The molecule has 1 saturated heterocycles. The van der Waals surface area contributed by atoms with Crippen molar-refractivity contribution >= 4 is 11.0 Å². The second kappa shape index (κ2) is 7.63. The summed E-state index contributed by atoms with van der Waals surface area (Å²) in [6.07, 6.45) is -6.29. The van der Waals surface area contributed by atoms with Crippen LogP contribution in [0.25, 0.3) is 22.3 Å². The molecule has 11 nitrogen and oxygen atoms in total. The summed E-state index contributed by atoms with van der Waals surface area (Å²) in [7, 11) is 0. The van der Waals surface area contributed by atoms with E-state index in [1.54, 1.807) is 0 Å². The Hall–Kier alpha value is -3.51. The summed E-state index contributed by atoms with van der Waals surface area (Å²) >= 11 is 0. The van der Waals surface area contributed by atoms with Crippen molar-refractivity contribution in [3.63, 3.8) is 0 Å². The van der Waals surface area contributed by atoms with Gasteiger partial charge in [0.15, 0.2) is 17.3 Å². The van der Waals surface area contributed by atoms with Crippen LogP contribution in [0.5, 0.6) is 28.7 Å². The Morgan fingerprint density at radius 2 is 1.65 bits per heavy atom. The zero-order chi connectivity index (χ0) is 22.4. The topological polar surface area (TPSA) is 190 Å². The third-order valence-electron chi connectivity index (χ3n) is 4.84. The molecule has 31 heavy (non-hydrogen) atoms. The fourth-order valence-electron chi connectivity index (χ4n) is 3.23. The van der Waals surface area contributed by atoms with Crippen molar-refractivity contribution in [2.75, 3.05) is 6.61 Å². The normalized spacial score (nSPS) is 23.7. The highest BCUT2D eigenvalue weighted by Crippen LogP contribution is 2.39. The smallest absolute Gasteiger partial charge is 0.239 e. The Morgan fingerprint density at radius 1 is 0.903 bits per heavy atom. The standard InChI is InChI=1S/C20H18O11/c21-8-4-11(24)14-13(5-8)30-18(7-1-2-9(22)10(23)3-7)19(16(14)27)31-20-17(28)15(26)12(25)6-29-20/h1-5,12,15,17,20-26,28H,6H2/t12-,15-,17-,20-/m1/s1. The van der Waals surface area contributed by atoms with E-state index in [1.165, 1.54) is 6.07 Å². The van der Waals surface area contributed by atoms with Gasteiger partial charge < -0.3 is 49.6 Å². The molecular formula is C20H18O11. The van der Waals surface area contributed by atoms with E-state index in [2.05, 4.69) is 0 Å². The number of phenolic OH excluding ortho intramolecular Hbond substituents is 4. The maximum absolute atomic E-state index is 13.1. The molecule has 11 heteroatoms. The lowest BCUT2D eigenvalue weighted by Crippen LogP contribution is -2.55. The summed E-state index contributed by atoms with van der Waals surface area (Å²) in [6.45, 7) is -0.393. The molecule has 4 atom stereocenters. The lowest BCUT2D eigenvalue weighted by atomic mass is 10.1. The van der Waals surface area contributed by atoms with E-state index in [9.17, 15) is 40.5 Å². The average molecular weight is 434 g/mol. The van der Waals surface area contributed by atoms with Gasteiger partial charge in [0.1, 0.15) is 40.8 Å².